The zero-order chi connectivity index (χ0) is 16.4. The van der Waals surface area contributed by atoms with Gasteiger partial charge in [0, 0.05) is 5.56 Å². The molecule has 0 radical (unpaired) electrons. The number of anilines is 1. The minimum atomic E-state index is 0.167. The van der Waals surface area contributed by atoms with Crippen LogP contribution in [0.1, 0.15) is 17.2 Å². The molecule has 3 aromatic rings. The van der Waals surface area contributed by atoms with Crippen LogP contribution in [0.3, 0.4) is 0 Å². The second kappa shape index (κ2) is 6.42. The Balaban J connectivity index is 1.73. The molecule has 4 rings (SSSR count). The van der Waals surface area contributed by atoms with Crippen molar-refractivity contribution < 1.29 is 4.74 Å². The maximum atomic E-state index is 5.36. The Hall–Kier alpha value is -2.72. The average molecular weight is 334 g/mol. The van der Waals surface area contributed by atoms with E-state index in [4.69, 9.17) is 4.74 Å². The maximum Gasteiger partial charge on any atom is 0.119 e. The van der Waals surface area contributed by atoms with Gasteiger partial charge in [0.15, 0.2) is 0 Å². The SMILES string of the molecule is COc1cccc(C2=CC(c3ccsc3)N(c3ccccc3)N2)c1. The molecule has 2 aromatic carbocycles. The summed E-state index contributed by atoms with van der Waals surface area (Å²) in [6, 6.07) is 20.9. The highest BCUT2D eigenvalue weighted by atomic mass is 32.1. The monoisotopic (exact) mass is 334 g/mol. The lowest BCUT2D eigenvalue weighted by Crippen LogP contribution is -2.33. The third kappa shape index (κ3) is 2.76. The van der Waals surface area contributed by atoms with Crippen LogP contribution in [0.4, 0.5) is 5.69 Å². The van der Waals surface area contributed by atoms with Crippen LogP contribution >= 0.6 is 11.3 Å². The molecule has 1 aliphatic rings. The first-order valence-electron chi connectivity index (χ1n) is 7.84. The summed E-state index contributed by atoms with van der Waals surface area (Å²) in [6.45, 7) is 0. The first-order valence-corrected chi connectivity index (χ1v) is 8.79. The molecule has 1 atom stereocenters. The molecule has 0 saturated carbocycles. The lowest BCUT2D eigenvalue weighted by atomic mass is 10.1. The zero-order valence-corrected chi connectivity index (χ0v) is 14.2. The summed E-state index contributed by atoms with van der Waals surface area (Å²) in [6.07, 6.45) is 2.27. The van der Waals surface area contributed by atoms with Crippen molar-refractivity contribution in [3.8, 4) is 5.75 Å². The molecule has 4 heteroatoms. The fraction of sp³-hybridized carbons (Fsp3) is 0.100. The zero-order valence-electron chi connectivity index (χ0n) is 13.3. The smallest absolute Gasteiger partial charge is 0.119 e. The van der Waals surface area contributed by atoms with Crippen molar-refractivity contribution in [2.75, 3.05) is 12.1 Å². The van der Waals surface area contributed by atoms with E-state index in [9.17, 15) is 0 Å². The van der Waals surface area contributed by atoms with Gasteiger partial charge in [-0.3, -0.25) is 10.4 Å². The fourth-order valence-electron chi connectivity index (χ4n) is 2.92. The average Bonchev–Trinajstić information content (AvgIpc) is 3.32. The maximum absolute atomic E-state index is 5.36. The van der Waals surface area contributed by atoms with Crippen LogP contribution in [-0.4, -0.2) is 7.11 Å². The second-order valence-corrected chi connectivity index (χ2v) is 6.41. The van der Waals surface area contributed by atoms with Gasteiger partial charge in [-0.05, 0) is 52.7 Å². The topological polar surface area (TPSA) is 24.5 Å². The van der Waals surface area contributed by atoms with E-state index >= 15 is 0 Å². The molecule has 0 saturated heterocycles. The van der Waals surface area contributed by atoms with Crippen molar-refractivity contribution in [1.29, 1.82) is 0 Å². The van der Waals surface area contributed by atoms with Gasteiger partial charge in [-0.25, -0.2) is 0 Å². The van der Waals surface area contributed by atoms with Crippen molar-refractivity contribution in [3.05, 3.63) is 88.6 Å². The van der Waals surface area contributed by atoms with Crippen LogP contribution in [0.2, 0.25) is 0 Å². The summed E-state index contributed by atoms with van der Waals surface area (Å²) in [5.41, 5.74) is 8.19. The van der Waals surface area contributed by atoms with Crippen LogP contribution < -0.4 is 15.2 Å². The quantitative estimate of drug-likeness (QED) is 0.737. The van der Waals surface area contributed by atoms with Gasteiger partial charge < -0.3 is 4.74 Å². The number of para-hydroxylation sites is 1. The Morgan fingerprint density at radius 3 is 2.67 bits per heavy atom. The van der Waals surface area contributed by atoms with E-state index in [1.165, 1.54) is 5.56 Å². The normalized spacial score (nSPS) is 16.6. The summed E-state index contributed by atoms with van der Waals surface area (Å²) in [4.78, 5) is 0. The number of rotatable bonds is 4. The number of hydrazine groups is 1. The molecule has 1 aliphatic heterocycles. The molecule has 1 unspecified atom stereocenters. The largest absolute Gasteiger partial charge is 0.497 e. The minimum Gasteiger partial charge on any atom is -0.497 e. The van der Waals surface area contributed by atoms with E-state index in [1.807, 2.05) is 18.2 Å². The first-order chi connectivity index (χ1) is 11.8. The van der Waals surface area contributed by atoms with Crippen LogP contribution in [0, 0.1) is 0 Å². The van der Waals surface area contributed by atoms with Crippen molar-refractivity contribution in [2.24, 2.45) is 0 Å². The molecule has 0 bridgehead atoms. The van der Waals surface area contributed by atoms with Crippen LogP contribution in [0.15, 0.2) is 77.5 Å². The van der Waals surface area contributed by atoms with Gasteiger partial charge in [-0.1, -0.05) is 30.3 Å². The lowest BCUT2D eigenvalue weighted by molar-refractivity contribution is 0.414. The van der Waals surface area contributed by atoms with Crippen LogP contribution in [-0.2, 0) is 0 Å². The second-order valence-electron chi connectivity index (χ2n) is 5.63. The number of hydrogen-bond donors (Lipinski definition) is 1. The highest BCUT2D eigenvalue weighted by Gasteiger charge is 2.27. The Morgan fingerprint density at radius 2 is 1.92 bits per heavy atom. The molecule has 0 aliphatic carbocycles. The van der Waals surface area contributed by atoms with Gasteiger partial charge in [0.2, 0.25) is 0 Å². The van der Waals surface area contributed by atoms with E-state index in [-0.39, 0.29) is 6.04 Å². The molecule has 1 N–H and O–H groups in total. The highest BCUT2D eigenvalue weighted by Crippen LogP contribution is 2.36. The van der Waals surface area contributed by atoms with Gasteiger partial charge in [-0.15, -0.1) is 0 Å². The molecule has 2 heterocycles. The van der Waals surface area contributed by atoms with E-state index in [2.05, 4.69) is 69.7 Å². The van der Waals surface area contributed by atoms with Gasteiger partial charge in [-0.2, -0.15) is 11.3 Å². The third-order valence-corrected chi connectivity index (χ3v) is 4.84. The van der Waals surface area contributed by atoms with Crippen molar-refractivity contribution in [1.82, 2.24) is 5.43 Å². The predicted molar refractivity (Wildman–Crippen MR) is 100 cm³/mol. The van der Waals surface area contributed by atoms with E-state index in [1.54, 1.807) is 18.4 Å². The summed E-state index contributed by atoms with van der Waals surface area (Å²) >= 11 is 1.72. The van der Waals surface area contributed by atoms with Crippen molar-refractivity contribution >= 4 is 22.7 Å². The molecule has 1 aromatic heterocycles. The van der Waals surface area contributed by atoms with E-state index in [0.29, 0.717) is 0 Å². The molecule has 24 heavy (non-hydrogen) atoms. The van der Waals surface area contributed by atoms with Gasteiger partial charge in [0.05, 0.1) is 24.5 Å². The number of hydrogen-bond acceptors (Lipinski definition) is 4. The Bertz CT molecular complexity index is 843. The van der Waals surface area contributed by atoms with E-state index < -0.39 is 0 Å². The van der Waals surface area contributed by atoms with Crippen LogP contribution in [0.5, 0.6) is 5.75 Å². The molecular formula is C20H18N2OS. The molecule has 120 valence electrons. The minimum absolute atomic E-state index is 0.167. The number of benzene rings is 2. The lowest BCUT2D eigenvalue weighted by Gasteiger charge is -2.27. The fourth-order valence-corrected chi connectivity index (χ4v) is 3.61. The summed E-state index contributed by atoms with van der Waals surface area (Å²) in [5.74, 6) is 0.862. The number of nitrogens with zero attached hydrogens (tertiary/aromatic N) is 1. The van der Waals surface area contributed by atoms with Gasteiger partial charge >= 0.3 is 0 Å². The Labute approximate surface area is 145 Å². The van der Waals surface area contributed by atoms with Crippen LogP contribution in [0.25, 0.3) is 5.70 Å². The standard InChI is InChI=1S/C20H18N2OS/c1-23-18-9-5-6-15(12-18)19-13-20(16-10-11-24-14-16)22(21-19)17-7-3-2-4-8-17/h2-14,20-21H,1H3. The van der Waals surface area contributed by atoms with E-state index in [0.717, 1.165) is 22.7 Å². The third-order valence-electron chi connectivity index (χ3n) is 4.14. The summed E-state index contributed by atoms with van der Waals surface area (Å²) in [7, 11) is 1.69. The number of methoxy groups -OCH3 is 1. The molecule has 0 spiro atoms. The molecule has 0 amide bonds. The van der Waals surface area contributed by atoms with Gasteiger partial charge in [0.1, 0.15) is 5.75 Å². The summed E-state index contributed by atoms with van der Waals surface area (Å²) in [5, 5.41) is 6.53. The predicted octanol–water partition coefficient (Wildman–Crippen LogP) is 4.86. The first kappa shape index (κ1) is 14.8. The molecule has 0 fully saturated rings. The summed E-state index contributed by atoms with van der Waals surface area (Å²) < 4.78 is 5.36. The Kier molecular flexibility index (Phi) is 3.97. The molecule has 3 nitrogen and oxygen atoms in total. The van der Waals surface area contributed by atoms with Gasteiger partial charge in [0.25, 0.3) is 0 Å². The number of thiophene rings is 1. The highest BCUT2D eigenvalue weighted by molar-refractivity contribution is 7.08. The molecular weight excluding hydrogens is 316 g/mol. The number of ether oxygens (including phenoxy) is 1. The Morgan fingerprint density at radius 1 is 1.04 bits per heavy atom. The number of nitrogens with one attached hydrogen (secondary N) is 1. The van der Waals surface area contributed by atoms with Crippen molar-refractivity contribution in [2.45, 2.75) is 6.04 Å². The van der Waals surface area contributed by atoms with Crippen molar-refractivity contribution in [3.63, 3.8) is 0 Å².